The van der Waals surface area contributed by atoms with Gasteiger partial charge in [0.05, 0.1) is 10.0 Å². The number of anilines is 1. The summed E-state index contributed by atoms with van der Waals surface area (Å²) in [5, 5.41) is 12.4. The second kappa shape index (κ2) is 8.15. The molecule has 22 heavy (non-hydrogen) atoms. The molecule has 2 rings (SSSR count). The second-order valence-electron chi connectivity index (χ2n) is 5.06. The molecule has 0 fully saturated rings. The Labute approximate surface area is 147 Å². The average molecular weight is 376 g/mol. The molecule has 1 heterocycles. The summed E-state index contributed by atoms with van der Waals surface area (Å²) in [6.45, 7) is 4.00. The van der Waals surface area contributed by atoms with Crippen molar-refractivity contribution in [3.8, 4) is 0 Å². The molecule has 0 aliphatic carbocycles. The molecule has 0 atom stereocenters. The summed E-state index contributed by atoms with van der Waals surface area (Å²) >= 11 is 14.8. The lowest BCUT2D eigenvalue weighted by Gasteiger charge is -2.03. The molecule has 118 valence electrons. The number of thioether (sulfide) groups is 1. The van der Waals surface area contributed by atoms with Crippen molar-refractivity contribution in [3.05, 3.63) is 33.8 Å². The number of hydrogen-bond donors (Lipinski definition) is 1. The fourth-order valence-electron chi connectivity index (χ4n) is 1.63. The van der Waals surface area contributed by atoms with Gasteiger partial charge in [0.1, 0.15) is 0 Å². The Bertz CT molecular complexity index is 661. The Balaban J connectivity index is 1.89. The molecule has 2 aromatic rings. The Morgan fingerprint density at radius 3 is 2.77 bits per heavy atom. The Morgan fingerprint density at radius 2 is 2.09 bits per heavy atom. The van der Waals surface area contributed by atoms with Crippen LogP contribution in [0.15, 0.2) is 22.5 Å². The maximum atomic E-state index is 11.7. The number of halogens is 2. The third kappa shape index (κ3) is 5.43. The SMILES string of the molecule is CC(C)CC(=O)Nc1nnc(SCc2ccc(Cl)c(Cl)c2)s1. The first kappa shape index (κ1) is 17.5. The van der Waals surface area contributed by atoms with Crippen LogP contribution < -0.4 is 5.32 Å². The first-order valence-corrected chi connectivity index (χ1v) is 9.20. The van der Waals surface area contributed by atoms with Gasteiger partial charge in [0, 0.05) is 12.2 Å². The number of hydrogen-bond acceptors (Lipinski definition) is 5. The van der Waals surface area contributed by atoms with Gasteiger partial charge in [-0.1, -0.05) is 66.2 Å². The van der Waals surface area contributed by atoms with Crippen molar-refractivity contribution in [1.82, 2.24) is 10.2 Å². The first-order valence-electron chi connectivity index (χ1n) is 6.64. The van der Waals surface area contributed by atoms with E-state index in [1.807, 2.05) is 26.0 Å². The quantitative estimate of drug-likeness (QED) is 0.562. The monoisotopic (exact) mass is 375 g/mol. The van der Waals surface area contributed by atoms with Crippen molar-refractivity contribution in [1.29, 1.82) is 0 Å². The third-order valence-corrected chi connectivity index (χ3v) is 5.37. The fourth-order valence-corrected chi connectivity index (χ4v) is 3.67. The minimum Gasteiger partial charge on any atom is -0.300 e. The largest absolute Gasteiger partial charge is 0.300 e. The van der Waals surface area contributed by atoms with E-state index in [9.17, 15) is 4.79 Å². The number of nitrogens with one attached hydrogen (secondary N) is 1. The van der Waals surface area contributed by atoms with E-state index in [4.69, 9.17) is 23.2 Å². The molecule has 0 aliphatic rings. The first-order chi connectivity index (χ1) is 10.4. The zero-order valence-electron chi connectivity index (χ0n) is 12.1. The van der Waals surface area contributed by atoms with E-state index in [-0.39, 0.29) is 5.91 Å². The van der Waals surface area contributed by atoms with Crippen molar-refractivity contribution in [2.45, 2.75) is 30.4 Å². The molecule has 1 aromatic heterocycles. The normalized spacial score (nSPS) is 11.0. The highest BCUT2D eigenvalue weighted by Gasteiger charge is 2.10. The standard InChI is InChI=1S/C14H15Cl2N3OS2/c1-8(2)5-12(20)17-13-18-19-14(22-13)21-7-9-3-4-10(15)11(16)6-9/h3-4,6,8H,5,7H2,1-2H3,(H,17,18,20). The van der Waals surface area contributed by atoms with E-state index in [1.165, 1.54) is 11.3 Å². The van der Waals surface area contributed by atoms with Gasteiger partial charge in [-0.25, -0.2) is 0 Å². The molecule has 0 saturated heterocycles. The van der Waals surface area contributed by atoms with E-state index in [1.54, 1.807) is 17.8 Å². The Hall–Kier alpha value is -0.820. The van der Waals surface area contributed by atoms with Crippen molar-refractivity contribution >= 4 is 57.3 Å². The highest BCUT2D eigenvalue weighted by molar-refractivity contribution is 8.00. The predicted octanol–water partition coefficient (Wildman–Crippen LogP) is 5.12. The minimum absolute atomic E-state index is 0.0350. The summed E-state index contributed by atoms with van der Waals surface area (Å²) in [6.07, 6.45) is 0.478. The van der Waals surface area contributed by atoms with E-state index < -0.39 is 0 Å². The molecule has 1 aromatic carbocycles. The van der Waals surface area contributed by atoms with Gasteiger partial charge in [-0.05, 0) is 23.6 Å². The lowest BCUT2D eigenvalue weighted by atomic mass is 10.1. The van der Waals surface area contributed by atoms with Crippen molar-refractivity contribution in [2.24, 2.45) is 5.92 Å². The molecule has 0 radical (unpaired) electrons. The van der Waals surface area contributed by atoms with E-state index in [0.29, 0.717) is 33.3 Å². The lowest BCUT2D eigenvalue weighted by molar-refractivity contribution is -0.116. The van der Waals surface area contributed by atoms with E-state index >= 15 is 0 Å². The minimum atomic E-state index is -0.0350. The van der Waals surface area contributed by atoms with Crippen LogP contribution in [0.5, 0.6) is 0 Å². The van der Waals surface area contributed by atoms with Gasteiger partial charge in [-0.2, -0.15) is 0 Å². The summed E-state index contributed by atoms with van der Waals surface area (Å²) in [6, 6.07) is 5.54. The maximum absolute atomic E-state index is 11.7. The maximum Gasteiger partial charge on any atom is 0.226 e. The number of carbonyl (C=O) groups excluding carboxylic acids is 1. The summed E-state index contributed by atoms with van der Waals surface area (Å²) < 4.78 is 0.797. The predicted molar refractivity (Wildman–Crippen MR) is 94.0 cm³/mol. The van der Waals surface area contributed by atoms with Crippen LogP contribution in [-0.4, -0.2) is 16.1 Å². The van der Waals surface area contributed by atoms with Crippen LogP contribution in [-0.2, 0) is 10.5 Å². The molecule has 0 unspecified atom stereocenters. The summed E-state index contributed by atoms with van der Waals surface area (Å²) in [7, 11) is 0. The van der Waals surface area contributed by atoms with Gasteiger partial charge in [-0.3, -0.25) is 4.79 Å². The smallest absolute Gasteiger partial charge is 0.226 e. The molecular weight excluding hydrogens is 361 g/mol. The van der Waals surface area contributed by atoms with Gasteiger partial charge in [0.15, 0.2) is 4.34 Å². The van der Waals surface area contributed by atoms with Crippen molar-refractivity contribution < 1.29 is 4.79 Å². The summed E-state index contributed by atoms with van der Waals surface area (Å²) in [5.41, 5.74) is 1.06. The van der Waals surface area contributed by atoms with Crippen LogP contribution in [0.4, 0.5) is 5.13 Å². The number of nitrogens with zero attached hydrogens (tertiary/aromatic N) is 2. The molecule has 1 amide bonds. The van der Waals surface area contributed by atoms with Crippen molar-refractivity contribution in [2.75, 3.05) is 5.32 Å². The fraction of sp³-hybridized carbons (Fsp3) is 0.357. The van der Waals surface area contributed by atoms with Crippen LogP contribution in [0.2, 0.25) is 10.0 Å². The Morgan fingerprint density at radius 1 is 1.32 bits per heavy atom. The number of carbonyl (C=O) groups is 1. The van der Waals surface area contributed by atoms with Crippen LogP contribution in [0.1, 0.15) is 25.8 Å². The molecule has 0 aliphatic heterocycles. The van der Waals surface area contributed by atoms with Crippen LogP contribution in [0, 0.1) is 5.92 Å². The number of amides is 1. The molecular formula is C14H15Cl2N3OS2. The topological polar surface area (TPSA) is 54.9 Å². The lowest BCUT2D eigenvalue weighted by Crippen LogP contribution is -2.13. The Kier molecular flexibility index (Phi) is 6.50. The van der Waals surface area contributed by atoms with E-state index in [2.05, 4.69) is 15.5 Å². The second-order valence-corrected chi connectivity index (χ2v) is 8.07. The highest BCUT2D eigenvalue weighted by atomic mass is 35.5. The molecule has 0 saturated carbocycles. The van der Waals surface area contributed by atoms with Gasteiger partial charge in [-0.15, -0.1) is 10.2 Å². The van der Waals surface area contributed by atoms with Gasteiger partial charge >= 0.3 is 0 Å². The van der Waals surface area contributed by atoms with Crippen molar-refractivity contribution in [3.63, 3.8) is 0 Å². The summed E-state index contributed by atoms with van der Waals surface area (Å²) in [5.74, 6) is 0.995. The summed E-state index contributed by atoms with van der Waals surface area (Å²) in [4.78, 5) is 11.7. The molecule has 4 nitrogen and oxygen atoms in total. The molecule has 0 spiro atoms. The van der Waals surface area contributed by atoms with Gasteiger partial charge < -0.3 is 5.32 Å². The van der Waals surface area contributed by atoms with E-state index in [0.717, 1.165) is 9.90 Å². The zero-order chi connectivity index (χ0) is 16.1. The number of benzene rings is 1. The molecule has 1 N–H and O–H groups in total. The molecule has 0 bridgehead atoms. The number of rotatable bonds is 6. The van der Waals surface area contributed by atoms with Gasteiger partial charge in [0.25, 0.3) is 0 Å². The number of aromatic nitrogens is 2. The van der Waals surface area contributed by atoms with Crippen LogP contribution in [0.25, 0.3) is 0 Å². The average Bonchev–Trinajstić information content (AvgIpc) is 2.86. The highest BCUT2D eigenvalue weighted by Crippen LogP contribution is 2.30. The van der Waals surface area contributed by atoms with Gasteiger partial charge in [0.2, 0.25) is 11.0 Å². The zero-order valence-corrected chi connectivity index (χ0v) is 15.2. The molecule has 8 heteroatoms. The third-order valence-electron chi connectivity index (χ3n) is 2.59. The van der Waals surface area contributed by atoms with Crippen LogP contribution in [0.3, 0.4) is 0 Å². The van der Waals surface area contributed by atoms with Crippen LogP contribution >= 0.6 is 46.3 Å².